The van der Waals surface area contributed by atoms with Gasteiger partial charge in [0.25, 0.3) is 5.69 Å². The minimum Gasteiger partial charge on any atom is -0.390 e. The smallest absolute Gasteiger partial charge is 0.269 e. The Balaban J connectivity index is 1.78. The Morgan fingerprint density at radius 1 is 1.19 bits per heavy atom. The van der Waals surface area contributed by atoms with E-state index in [-0.39, 0.29) is 12.3 Å². The zero-order valence-electron chi connectivity index (χ0n) is 14.3. The molecular weight excluding hydrogens is 350 g/mol. The Morgan fingerprint density at radius 2 is 1.96 bits per heavy atom. The van der Waals surface area contributed by atoms with Crippen molar-refractivity contribution in [3.8, 4) is 0 Å². The van der Waals surface area contributed by atoms with Crippen molar-refractivity contribution in [2.75, 3.05) is 0 Å². The quantitative estimate of drug-likeness (QED) is 0.388. The van der Waals surface area contributed by atoms with Crippen molar-refractivity contribution in [1.82, 2.24) is 9.55 Å². The van der Waals surface area contributed by atoms with Crippen molar-refractivity contribution in [2.24, 2.45) is 0 Å². The summed E-state index contributed by atoms with van der Waals surface area (Å²) in [6, 6.07) is 14.8. The van der Waals surface area contributed by atoms with Crippen LogP contribution in [0.1, 0.15) is 22.4 Å². The second-order valence-corrected chi connectivity index (χ2v) is 6.92. The van der Waals surface area contributed by atoms with Crippen molar-refractivity contribution < 1.29 is 10.0 Å². The summed E-state index contributed by atoms with van der Waals surface area (Å²) in [5.41, 5.74) is 4.01. The average Bonchev–Trinajstić information content (AvgIpc) is 3.03. The molecule has 0 radical (unpaired) electrons. The van der Waals surface area contributed by atoms with E-state index in [0.29, 0.717) is 12.3 Å². The summed E-state index contributed by atoms with van der Waals surface area (Å²) in [5, 5.41) is 21.3. The maximum absolute atomic E-state index is 10.9. The predicted octanol–water partition coefficient (Wildman–Crippen LogP) is 3.93. The van der Waals surface area contributed by atoms with Gasteiger partial charge in [0.15, 0.2) is 5.16 Å². The maximum Gasteiger partial charge on any atom is 0.269 e. The van der Waals surface area contributed by atoms with Crippen molar-refractivity contribution in [2.45, 2.75) is 31.0 Å². The lowest BCUT2D eigenvalue weighted by molar-refractivity contribution is -0.384. The van der Waals surface area contributed by atoms with Crippen LogP contribution >= 0.6 is 11.8 Å². The number of non-ortho nitro benzene ring substituents is 1. The highest BCUT2D eigenvalue weighted by atomic mass is 32.2. The van der Waals surface area contributed by atoms with Crippen LogP contribution in [0.25, 0.3) is 0 Å². The molecule has 2 aromatic carbocycles. The number of hydrogen-bond acceptors (Lipinski definition) is 5. The standard InChI is InChI=1S/C19H19N3O3S/c1-14-5-7-15(8-6-14)11-21-18(12-23)10-20-19(21)26-13-16-3-2-4-17(9-16)22(24)25/h2-10,23H,11-13H2,1H3. The number of benzene rings is 2. The van der Waals surface area contributed by atoms with Crippen LogP contribution in [0.5, 0.6) is 0 Å². The molecule has 0 amide bonds. The normalized spacial score (nSPS) is 10.8. The van der Waals surface area contributed by atoms with Gasteiger partial charge in [0.05, 0.1) is 23.4 Å². The summed E-state index contributed by atoms with van der Waals surface area (Å²) in [5.74, 6) is 0.567. The highest BCUT2D eigenvalue weighted by Gasteiger charge is 2.12. The maximum atomic E-state index is 10.9. The lowest BCUT2D eigenvalue weighted by atomic mass is 10.1. The molecule has 0 fully saturated rings. The number of rotatable bonds is 7. The Hall–Kier alpha value is -2.64. The van der Waals surface area contributed by atoms with E-state index in [1.54, 1.807) is 18.3 Å². The molecule has 0 saturated carbocycles. The molecule has 3 aromatic rings. The number of nitrogens with zero attached hydrogens (tertiary/aromatic N) is 3. The molecule has 0 spiro atoms. The summed E-state index contributed by atoms with van der Waals surface area (Å²) in [6.07, 6.45) is 1.67. The summed E-state index contributed by atoms with van der Waals surface area (Å²) >= 11 is 1.50. The Morgan fingerprint density at radius 3 is 2.65 bits per heavy atom. The molecule has 26 heavy (non-hydrogen) atoms. The van der Waals surface area contributed by atoms with Gasteiger partial charge in [0.1, 0.15) is 0 Å². The van der Waals surface area contributed by atoms with Gasteiger partial charge < -0.3 is 9.67 Å². The molecule has 6 nitrogen and oxygen atoms in total. The van der Waals surface area contributed by atoms with Crippen LogP contribution in [0.3, 0.4) is 0 Å². The molecule has 1 heterocycles. The van der Waals surface area contributed by atoms with Crippen molar-refractivity contribution >= 4 is 17.4 Å². The van der Waals surface area contributed by atoms with Gasteiger partial charge in [-0.1, -0.05) is 53.7 Å². The fraction of sp³-hybridized carbons (Fsp3) is 0.211. The summed E-state index contributed by atoms with van der Waals surface area (Å²) in [6.45, 7) is 2.57. The summed E-state index contributed by atoms with van der Waals surface area (Å²) in [4.78, 5) is 14.9. The van der Waals surface area contributed by atoms with E-state index in [1.807, 2.05) is 17.6 Å². The Bertz CT molecular complexity index is 907. The van der Waals surface area contributed by atoms with E-state index in [9.17, 15) is 15.2 Å². The first kappa shape index (κ1) is 18.2. The monoisotopic (exact) mass is 369 g/mol. The third-order valence-corrected chi connectivity index (χ3v) is 5.08. The van der Waals surface area contributed by atoms with Gasteiger partial charge in [-0.25, -0.2) is 4.98 Å². The van der Waals surface area contributed by atoms with E-state index < -0.39 is 4.92 Å². The first-order valence-corrected chi connectivity index (χ1v) is 9.12. The number of nitro benzene ring substituents is 1. The van der Waals surface area contributed by atoms with Crippen LogP contribution < -0.4 is 0 Å². The van der Waals surface area contributed by atoms with Gasteiger partial charge >= 0.3 is 0 Å². The second kappa shape index (κ2) is 8.16. The summed E-state index contributed by atoms with van der Waals surface area (Å²) in [7, 11) is 0. The molecule has 0 atom stereocenters. The van der Waals surface area contributed by atoms with Gasteiger partial charge in [-0.3, -0.25) is 10.1 Å². The van der Waals surface area contributed by atoms with Crippen molar-refractivity contribution in [3.63, 3.8) is 0 Å². The lowest BCUT2D eigenvalue weighted by Gasteiger charge is -2.11. The molecule has 0 unspecified atom stereocenters. The van der Waals surface area contributed by atoms with Crippen LogP contribution in [0.4, 0.5) is 5.69 Å². The molecule has 1 aromatic heterocycles. The van der Waals surface area contributed by atoms with E-state index in [0.717, 1.165) is 22.0 Å². The first-order valence-electron chi connectivity index (χ1n) is 8.14. The molecule has 0 bridgehead atoms. The van der Waals surface area contributed by atoms with Crippen LogP contribution in [-0.2, 0) is 18.9 Å². The minimum absolute atomic E-state index is 0.0853. The first-order chi connectivity index (χ1) is 12.6. The van der Waals surface area contributed by atoms with Crippen molar-refractivity contribution in [1.29, 1.82) is 0 Å². The molecule has 134 valence electrons. The molecule has 0 aliphatic carbocycles. The van der Waals surface area contributed by atoms with Crippen LogP contribution in [-0.4, -0.2) is 19.6 Å². The van der Waals surface area contributed by atoms with E-state index in [1.165, 1.54) is 23.4 Å². The van der Waals surface area contributed by atoms with Crippen LogP contribution in [0.2, 0.25) is 0 Å². The topological polar surface area (TPSA) is 81.2 Å². The molecule has 7 heteroatoms. The number of aliphatic hydroxyl groups excluding tert-OH is 1. The average molecular weight is 369 g/mol. The number of aliphatic hydroxyl groups is 1. The molecular formula is C19H19N3O3S. The third kappa shape index (κ3) is 4.30. The summed E-state index contributed by atoms with van der Waals surface area (Å²) < 4.78 is 1.98. The zero-order chi connectivity index (χ0) is 18.5. The number of nitro groups is 1. The van der Waals surface area contributed by atoms with Gasteiger partial charge in [0, 0.05) is 24.4 Å². The van der Waals surface area contributed by atoms with Gasteiger partial charge in [-0.15, -0.1) is 0 Å². The van der Waals surface area contributed by atoms with Crippen LogP contribution in [0, 0.1) is 17.0 Å². The lowest BCUT2D eigenvalue weighted by Crippen LogP contribution is -2.06. The van der Waals surface area contributed by atoms with Gasteiger partial charge in [-0.2, -0.15) is 0 Å². The Labute approximate surface area is 155 Å². The zero-order valence-corrected chi connectivity index (χ0v) is 15.1. The number of hydrogen-bond donors (Lipinski definition) is 1. The number of aryl methyl sites for hydroxylation is 1. The fourth-order valence-corrected chi connectivity index (χ4v) is 3.53. The molecule has 1 N–H and O–H groups in total. The molecule has 0 aliphatic rings. The number of thioether (sulfide) groups is 1. The largest absolute Gasteiger partial charge is 0.390 e. The van der Waals surface area contributed by atoms with E-state index >= 15 is 0 Å². The molecule has 0 aliphatic heterocycles. The van der Waals surface area contributed by atoms with E-state index in [2.05, 4.69) is 29.2 Å². The SMILES string of the molecule is Cc1ccc(Cn2c(CO)cnc2SCc2cccc([N+](=O)[O-])c2)cc1. The highest BCUT2D eigenvalue weighted by Crippen LogP contribution is 2.25. The van der Waals surface area contributed by atoms with Crippen LogP contribution in [0.15, 0.2) is 59.9 Å². The van der Waals surface area contributed by atoms with Gasteiger partial charge in [-0.05, 0) is 18.1 Å². The van der Waals surface area contributed by atoms with Gasteiger partial charge in [0.2, 0.25) is 0 Å². The third-order valence-electron chi connectivity index (χ3n) is 4.01. The number of aromatic nitrogens is 2. The second-order valence-electron chi connectivity index (χ2n) is 5.98. The predicted molar refractivity (Wildman–Crippen MR) is 101 cm³/mol. The molecule has 3 rings (SSSR count). The van der Waals surface area contributed by atoms with Crippen molar-refractivity contribution in [3.05, 3.63) is 87.2 Å². The highest BCUT2D eigenvalue weighted by molar-refractivity contribution is 7.98. The number of imidazole rings is 1. The Kier molecular flexibility index (Phi) is 5.70. The fourth-order valence-electron chi connectivity index (χ4n) is 2.59. The molecule has 0 saturated heterocycles. The van der Waals surface area contributed by atoms with E-state index in [4.69, 9.17) is 0 Å². The minimum atomic E-state index is -0.392.